The Morgan fingerprint density at radius 2 is 1.78 bits per heavy atom. The predicted octanol–water partition coefficient (Wildman–Crippen LogP) is 1.58. The van der Waals surface area contributed by atoms with Gasteiger partial charge in [-0.15, -0.1) is 0 Å². The molecule has 4 atom stereocenters. The van der Waals surface area contributed by atoms with Gasteiger partial charge in [0, 0.05) is 24.5 Å². The van der Waals surface area contributed by atoms with E-state index in [4.69, 9.17) is 9.47 Å². The molecule has 2 N–H and O–H groups in total. The third kappa shape index (κ3) is 5.48. The molecule has 41 heavy (non-hydrogen) atoms. The Hall–Kier alpha value is -4.06. The lowest BCUT2D eigenvalue weighted by Crippen LogP contribution is -2.64. The summed E-state index contributed by atoms with van der Waals surface area (Å²) >= 11 is 0. The number of nitrogens with zero attached hydrogens (tertiary/aromatic N) is 3. The highest BCUT2D eigenvalue weighted by Gasteiger charge is 2.46. The monoisotopic (exact) mass is 563 g/mol. The topological polar surface area (TPSA) is 147 Å². The Bertz CT molecular complexity index is 1370. The van der Waals surface area contributed by atoms with Gasteiger partial charge in [-0.3, -0.25) is 34.0 Å². The van der Waals surface area contributed by atoms with Gasteiger partial charge in [0.1, 0.15) is 23.8 Å². The van der Waals surface area contributed by atoms with E-state index in [2.05, 4.69) is 15.6 Å². The molecule has 1 aromatic carbocycles. The molecule has 3 saturated heterocycles. The average Bonchev–Trinajstić information content (AvgIpc) is 3.60. The zero-order valence-corrected chi connectivity index (χ0v) is 22.6. The van der Waals surface area contributed by atoms with Crippen LogP contribution >= 0.6 is 0 Å². The van der Waals surface area contributed by atoms with Crippen molar-refractivity contribution in [3.63, 3.8) is 0 Å². The minimum atomic E-state index is -1.03. The highest BCUT2D eigenvalue weighted by Crippen LogP contribution is 2.29. The maximum atomic E-state index is 13.9. The number of benzene rings is 1. The summed E-state index contributed by atoms with van der Waals surface area (Å²) in [6.45, 7) is 0.290. The third-order valence-corrected chi connectivity index (χ3v) is 8.28. The summed E-state index contributed by atoms with van der Waals surface area (Å²) in [6.07, 6.45) is 5.37. The SMILES string of the molecule is O=C1CC(NC(=O)C2CCCN3C(=O)CCC(NC(=O)c4nccc5ccccc45)C(=O)N23)C(OC2CCCC2)O1. The maximum absolute atomic E-state index is 13.9. The number of carbonyl (C=O) groups excluding carboxylic acids is 5. The number of amides is 4. The third-order valence-electron chi connectivity index (χ3n) is 8.28. The van der Waals surface area contributed by atoms with E-state index < -0.39 is 48.1 Å². The summed E-state index contributed by atoms with van der Waals surface area (Å²) in [5.41, 5.74) is 0.176. The van der Waals surface area contributed by atoms with E-state index in [1.54, 1.807) is 18.2 Å². The van der Waals surface area contributed by atoms with Gasteiger partial charge < -0.3 is 20.1 Å². The molecule has 4 heterocycles. The number of aromatic nitrogens is 1. The van der Waals surface area contributed by atoms with Crippen molar-refractivity contribution in [2.75, 3.05) is 6.54 Å². The van der Waals surface area contributed by atoms with Crippen LogP contribution in [0.15, 0.2) is 36.5 Å². The van der Waals surface area contributed by atoms with Crippen molar-refractivity contribution in [1.82, 2.24) is 25.6 Å². The maximum Gasteiger partial charge on any atom is 0.310 e. The second kappa shape index (κ2) is 11.4. The summed E-state index contributed by atoms with van der Waals surface area (Å²) in [4.78, 5) is 70.2. The first kappa shape index (κ1) is 27.1. The molecule has 1 aliphatic carbocycles. The van der Waals surface area contributed by atoms with Gasteiger partial charge in [0.2, 0.25) is 18.1 Å². The number of nitrogens with one attached hydrogen (secondary N) is 2. The minimum Gasteiger partial charge on any atom is -0.433 e. The smallest absolute Gasteiger partial charge is 0.310 e. The fourth-order valence-electron chi connectivity index (χ4n) is 6.20. The number of hydrazine groups is 1. The normalized spacial score (nSPS) is 27.0. The highest BCUT2D eigenvalue weighted by molar-refractivity contribution is 6.06. The molecule has 4 fully saturated rings. The molecule has 0 spiro atoms. The molecule has 12 nitrogen and oxygen atoms in total. The fourth-order valence-corrected chi connectivity index (χ4v) is 6.20. The van der Waals surface area contributed by atoms with Crippen molar-refractivity contribution in [1.29, 1.82) is 0 Å². The number of rotatable bonds is 6. The van der Waals surface area contributed by atoms with Crippen LogP contribution in [0.2, 0.25) is 0 Å². The number of carbonyl (C=O) groups is 5. The molecular weight excluding hydrogens is 530 g/mol. The van der Waals surface area contributed by atoms with Crippen molar-refractivity contribution in [3.05, 3.63) is 42.2 Å². The molecule has 1 aromatic heterocycles. The molecule has 0 radical (unpaired) electrons. The number of ether oxygens (including phenoxy) is 2. The van der Waals surface area contributed by atoms with E-state index in [9.17, 15) is 24.0 Å². The molecule has 2 aromatic rings. The van der Waals surface area contributed by atoms with Crippen LogP contribution in [0.4, 0.5) is 0 Å². The first-order valence-corrected chi connectivity index (χ1v) is 14.3. The van der Waals surface area contributed by atoms with E-state index in [-0.39, 0.29) is 37.0 Å². The number of pyridine rings is 1. The van der Waals surface area contributed by atoms with Crippen molar-refractivity contribution in [2.45, 2.75) is 88.3 Å². The van der Waals surface area contributed by atoms with E-state index in [1.807, 2.05) is 12.1 Å². The predicted molar refractivity (Wildman–Crippen MR) is 144 cm³/mol. The van der Waals surface area contributed by atoms with Crippen LogP contribution in [0, 0.1) is 0 Å². The lowest BCUT2D eigenvalue weighted by Gasteiger charge is -2.43. The van der Waals surface area contributed by atoms with Crippen molar-refractivity contribution < 1.29 is 33.4 Å². The van der Waals surface area contributed by atoms with E-state index in [0.29, 0.717) is 24.8 Å². The summed E-state index contributed by atoms with van der Waals surface area (Å²) in [7, 11) is 0. The average molecular weight is 564 g/mol. The first-order chi connectivity index (χ1) is 19.9. The quantitative estimate of drug-likeness (QED) is 0.504. The number of hydrogen-bond donors (Lipinski definition) is 2. The molecule has 216 valence electrons. The van der Waals surface area contributed by atoms with Crippen LogP contribution in [-0.4, -0.2) is 81.7 Å². The van der Waals surface area contributed by atoms with Gasteiger partial charge in [-0.05, 0) is 43.6 Å². The van der Waals surface area contributed by atoms with Crippen LogP contribution in [0.25, 0.3) is 10.8 Å². The Kier molecular flexibility index (Phi) is 7.57. The lowest BCUT2D eigenvalue weighted by atomic mass is 10.0. The largest absolute Gasteiger partial charge is 0.433 e. The standard InChI is InChI=1S/C29H33N5O7/c35-23-12-11-20(31-27(38)25-19-9-4-1-6-17(19)13-14-30-25)28(39)34-22(10-5-15-33(23)34)26(37)32-21-16-24(36)41-29(21)40-18-7-2-3-8-18/h1,4,6,9,13-14,18,20-22,29H,2-3,5,7-8,10-12,15-16H2,(H,31,38)(H,32,37). The van der Waals surface area contributed by atoms with E-state index in [0.717, 1.165) is 31.1 Å². The fraction of sp³-hybridized carbons (Fsp3) is 0.517. The van der Waals surface area contributed by atoms with E-state index >= 15 is 0 Å². The molecule has 4 unspecified atom stereocenters. The van der Waals surface area contributed by atoms with Gasteiger partial charge in [0.15, 0.2) is 0 Å². The zero-order chi connectivity index (χ0) is 28.5. The highest BCUT2D eigenvalue weighted by atomic mass is 16.7. The van der Waals surface area contributed by atoms with Crippen molar-refractivity contribution >= 4 is 40.4 Å². The number of esters is 1. The van der Waals surface area contributed by atoms with Crippen LogP contribution < -0.4 is 10.6 Å². The molecule has 3 aliphatic heterocycles. The summed E-state index contributed by atoms with van der Waals surface area (Å²) < 4.78 is 11.3. The Morgan fingerprint density at radius 1 is 0.976 bits per heavy atom. The lowest BCUT2D eigenvalue weighted by molar-refractivity contribution is -0.180. The van der Waals surface area contributed by atoms with Gasteiger partial charge >= 0.3 is 5.97 Å². The summed E-state index contributed by atoms with van der Waals surface area (Å²) in [5, 5.41) is 9.61. The molecular formula is C29H33N5O7. The summed E-state index contributed by atoms with van der Waals surface area (Å²) in [5.74, 6) is -2.33. The van der Waals surface area contributed by atoms with Gasteiger partial charge in [-0.25, -0.2) is 5.01 Å². The molecule has 12 heteroatoms. The second-order valence-electron chi connectivity index (χ2n) is 11.0. The minimum absolute atomic E-state index is 0.0270. The van der Waals surface area contributed by atoms with Crippen molar-refractivity contribution in [2.24, 2.45) is 0 Å². The molecule has 6 rings (SSSR count). The molecule has 4 aliphatic rings. The number of hydrogen-bond acceptors (Lipinski definition) is 8. The Balaban J connectivity index is 1.19. The molecule has 0 bridgehead atoms. The second-order valence-corrected chi connectivity index (χ2v) is 11.0. The Labute approximate surface area is 236 Å². The van der Waals surface area contributed by atoms with Crippen LogP contribution in [0.5, 0.6) is 0 Å². The van der Waals surface area contributed by atoms with Gasteiger partial charge in [-0.1, -0.05) is 37.1 Å². The van der Waals surface area contributed by atoms with E-state index in [1.165, 1.54) is 16.2 Å². The van der Waals surface area contributed by atoms with Crippen LogP contribution in [0.1, 0.15) is 68.3 Å². The number of cyclic esters (lactones) is 1. The molecule has 1 saturated carbocycles. The zero-order valence-electron chi connectivity index (χ0n) is 22.6. The van der Waals surface area contributed by atoms with Crippen LogP contribution in [0.3, 0.4) is 0 Å². The van der Waals surface area contributed by atoms with Gasteiger partial charge in [0.05, 0.1) is 12.5 Å². The first-order valence-electron chi connectivity index (χ1n) is 14.3. The van der Waals surface area contributed by atoms with Gasteiger partial charge in [-0.2, -0.15) is 0 Å². The molecule has 4 amide bonds. The number of fused-ring (bicyclic) bond motifs is 2. The van der Waals surface area contributed by atoms with Gasteiger partial charge in [0.25, 0.3) is 11.8 Å². The van der Waals surface area contributed by atoms with Crippen molar-refractivity contribution in [3.8, 4) is 0 Å². The van der Waals surface area contributed by atoms with Crippen LogP contribution in [-0.2, 0) is 28.7 Å². The summed E-state index contributed by atoms with van der Waals surface area (Å²) in [6, 6.07) is 6.39. The Morgan fingerprint density at radius 3 is 2.61 bits per heavy atom.